The molecule has 4 nitrogen and oxygen atoms in total. The standard InChI is InChI=1S/C12H21NO3/c1-8-4-3-7-13(11(8)12(15)16)9-5-2-6-10(9)14/h8-11,14H,2-7H2,1H3,(H,15,16). The van der Waals surface area contributed by atoms with Crippen molar-refractivity contribution in [3.05, 3.63) is 0 Å². The second-order valence-corrected chi connectivity index (χ2v) is 5.21. The lowest BCUT2D eigenvalue weighted by Gasteiger charge is -2.42. The van der Waals surface area contributed by atoms with Crippen molar-refractivity contribution in [2.24, 2.45) is 5.92 Å². The van der Waals surface area contributed by atoms with Gasteiger partial charge in [-0.3, -0.25) is 9.69 Å². The van der Waals surface area contributed by atoms with E-state index in [-0.39, 0.29) is 18.1 Å². The van der Waals surface area contributed by atoms with Crippen LogP contribution in [0.25, 0.3) is 0 Å². The molecule has 1 aliphatic heterocycles. The molecule has 4 atom stereocenters. The monoisotopic (exact) mass is 227 g/mol. The highest BCUT2D eigenvalue weighted by atomic mass is 16.4. The van der Waals surface area contributed by atoms with E-state index in [4.69, 9.17) is 0 Å². The zero-order chi connectivity index (χ0) is 11.7. The zero-order valence-electron chi connectivity index (χ0n) is 9.80. The Morgan fingerprint density at radius 3 is 2.56 bits per heavy atom. The van der Waals surface area contributed by atoms with Crippen molar-refractivity contribution < 1.29 is 15.0 Å². The first kappa shape index (κ1) is 11.9. The normalized spacial score (nSPS) is 41.1. The summed E-state index contributed by atoms with van der Waals surface area (Å²) in [6.45, 7) is 2.83. The maximum absolute atomic E-state index is 11.3. The molecule has 16 heavy (non-hydrogen) atoms. The van der Waals surface area contributed by atoms with Gasteiger partial charge in [0.05, 0.1) is 6.10 Å². The molecule has 2 rings (SSSR count). The molecule has 2 aliphatic rings. The van der Waals surface area contributed by atoms with Crippen LogP contribution in [-0.2, 0) is 4.79 Å². The number of hydrogen-bond donors (Lipinski definition) is 2. The highest BCUT2D eigenvalue weighted by Gasteiger charge is 2.41. The number of likely N-dealkylation sites (tertiary alicyclic amines) is 1. The number of rotatable bonds is 2. The van der Waals surface area contributed by atoms with Crippen LogP contribution in [0.3, 0.4) is 0 Å². The van der Waals surface area contributed by atoms with Gasteiger partial charge in [-0.15, -0.1) is 0 Å². The molecule has 92 valence electrons. The lowest BCUT2D eigenvalue weighted by atomic mass is 9.89. The minimum absolute atomic E-state index is 0.0730. The zero-order valence-corrected chi connectivity index (χ0v) is 9.80. The van der Waals surface area contributed by atoms with E-state index >= 15 is 0 Å². The molecule has 2 fully saturated rings. The lowest BCUT2D eigenvalue weighted by molar-refractivity contribution is -0.149. The molecule has 0 radical (unpaired) electrons. The largest absolute Gasteiger partial charge is 0.480 e. The molecule has 0 bridgehead atoms. The van der Waals surface area contributed by atoms with Gasteiger partial charge in [0.15, 0.2) is 0 Å². The Balaban J connectivity index is 2.13. The van der Waals surface area contributed by atoms with Crippen molar-refractivity contribution in [3.63, 3.8) is 0 Å². The number of aliphatic hydroxyl groups is 1. The predicted molar refractivity (Wildman–Crippen MR) is 60.2 cm³/mol. The van der Waals surface area contributed by atoms with Gasteiger partial charge in [0.2, 0.25) is 0 Å². The number of carbonyl (C=O) groups is 1. The summed E-state index contributed by atoms with van der Waals surface area (Å²) >= 11 is 0. The van der Waals surface area contributed by atoms with Crippen LogP contribution in [0.5, 0.6) is 0 Å². The number of aliphatic carboxylic acids is 1. The summed E-state index contributed by atoms with van der Waals surface area (Å²) in [5, 5.41) is 19.2. The summed E-state index contributed by atoms with van der Waals surface area (Å²) in [5.74, 6) is -0.537. The minimum atomic E-state index is -0.730. The molecule has 1 aliphatic carbocycles. The van der Waals surface area contributed by atoms with Crippen LogP contribution in [0.1, 0.15) is 39.0 Å². The third-order valence-electron chi connectivity index (χ3n) is 4.10. The molecule has 4 heteroatoms. The van der Waals surface area contributed by atoms with Crippen molar-refractivity contribution in [1.82, 2.24) is 4.90 Å². The fraction of sp³-hybridized carbons (Fsp3) is 0.917. The molecule has 1 saturated heterocycles. The average molecular weight is 227 g/mol. The van der Waals surface area contributed by atoms with Crippen molar-refractivity contribution >= 4 is 5.97 Å². The van der Waals surface area contributed by atoms with E-state index < -0.39 is 12.0 Å². The minimum Gasteiger partial charge on any atom is -0.480 e. The van der Waals surface area contributed by atoms with Gasteiger partial charge in [-0.05, 0) is 44.6 Å². The van der Waals surface area contributed by atoms with E-state index in [1.165, 1.54) is 0 Å². The van der Waals surface area contributed by atoms with Crippen LogP contribution in [0.2, 0.25) is 0 Å². The first-order valence-corrected chi connectivity index (χ1v) is 6.28. The number of carboxylic acid groups (broad SMARTS) is 1. The second kappa shape index (κ2) is 4.72. The lowest BCUT2D eigenvalue weighted by Crippen LogP contribution is -2.55. The van der Waals surface area contributed by atoms with Crippen LogP contribution < -0.4 is 0 Å². The number of nitrogens with zero attached hydrogens (tertiary/aromatic N) is 1. The highest BCUT2D eigenvalue weighted by molar-refractivity contribution is 5.74. The first-order chi connectivity index (χ1) is 7.61. The topological polar surface area (TPSA) is 60.8 Å². The van der Waals surface area contributed by atoms with Crippen LogP contribution in [0.4, 0.5) is 0 Å². The van der Waals surface area contributed by atoms with E-state index in [0.717, 1.165) is 38.6 Å². The molecular weight excluding hydrogens is 206 g/mol. The van der Waals surface area contributed by atoms with E-state index in [0.29, 0.717) is 0 Å². The Bertz CT molecular complexity index is 269. The molecule has 1 heterocycles. The summed E-state index contributed by atoms with van der Waals surface area (Å²) in [6.07, 6.45) is 4.49. The molecule has 2 N–H and O–H groups in total. The third-order valence-corrected chi connectivity index (χ3v) is 4.10. The molecular formula is C12H21NO3. The Hall–Kier alpha value is -0.610. The molecule has 0 aromatic carbocycles. The third kappa shape index (κ3) is 2.09. The number of hydrogen-bond acceptors (Lipinski definition) is 3. The Morgan fingerprint density at radius 1 is 1.25 bits per heavy atom. The van der Waals surface area contributed by atoms with Gasteiger partial charge >= 0.3 is 5.97 Å². The summed E-state index contributed by atoms with van der Waals surface area (Å²) < 4.78 is 0. The Kier molecular flexibility index (Phi) is 3.50. The first-order valence-electron chi connectivity index (χ1n) is 6.28. The van der Waals surface area contributed by atoms with Gasteiger partial charge in [0, 0.05) is 6.04 Å². The molecule has 4 unspecified atom stereocenters. The van der Waals surface area contributed by atoms with Gasteiger partial charge in [0.1, 0.15) is 6.04 Å². The maximum atomic E-state index is 11.3. The summed E-state index contributed by atoms with van der Waals surface area (Å²) in [4.78, 5) is 13.4. The van der Waals surface area contributed by atoms with Gasteiger partial charge in [-0.25, -0.2) is 0 Å². The predicted octanol–water partition coefficient (Wildman–Crippen LogP) is 1.08. The average Bonchev–Trinajstić information content (AvgIpc) is 2.63. The van der Waals surface area contributed by atoms with Crippen molar-refractivity contribution in [3.8, 4) is 0 Å². The van der Waals surface area contributed by atoms with E-state index in [9.17, 15) is 15.0 Å². The fourth-order valence-electron chi connectivity index (χ4n) is 3.28. The second-order valence-electron chi connectivity index (χ2n) is 5.21. The van der Waals surface area contributed by atoms with Crippen molar-refractivity contribution in [2.45, 2.75) is 57.2 Å². The van der Waals surface area contributed by atoms with E-state index in [1.54, 1.807) is 0 Å². The molecule has 0 aromatic heterocycles. The van der Waals surface area contributed by atoms with Crippen LogP contribution in [0, 0.1) is 5.92 Å². The molecule has 0 aromatic rings. The van der Waals surface area contributed by atoms with Crippen LogP contribution in [0.15, 0.2) is 0 Å². The number of carboxylic acids is 1. The SMILES string of the molecule is CC1CCCN(C2CCCC2O)C1C(=O)O. The van der Waals surface area contributed by atoms with Crippen LogP contribution in [-0.4, -0.2) is 45.8 Å². The summed E-state index contributed by atoms with van der Waals surface area (Å²) in [6, 6.07) is -0.324. The highest BCUT2D eigenvalue weighted by Crippen LogP contribution is 2.32. The maximum Gasteiger partial charge on any atom is 0.321 e. The van der Waals surface area contributed by atoms with Crippen LogP contribution >= 0.6 is 0 Å². The summed E-state index contributed by atoms with van der Waals surface area (Å²) in [7, 11) is 0. The molecule has 0 amide bonds. The van der Waals surface area contributed by atoms with Crippen molar-refractivity contribution in [1.29, 1.82) is 0 Å². The van der Waals surface area contributed by atoms with E-state index in [2.05, 4.69) is 0 Å². The fourth-order valence-corrected chi connectivity index (χ4v) is 3.28. The molecule has 1 saturated carbocycles. The van der Waals surface area contributed by atoms with Crippen molar-refractivity contribution in [2.75, 3.05) is 6.54 Å². The smallest absolute Gasteiger partial charge is 0.321 e. The molecule has 0 spiro atoms. The van der Waals surface area contributed by atoms with Gasteiger partial charge in [-0.2, -0.15) is 0 Å². The Morgan fingerprint density at radius 2 is 2.00 bits per heavy atom. The number of aliphatic hydroxyl groups excluding tert-OH is 1. The number of piperidine rings is 1. The van der Waals surface area contributed by atoms with E-state index in [1.807, 2.05) is 11.8 Å². The van der Waals surface area contributed by atoms with Gasteiger partial charge in [0.25, 0.3) is 0 Å². The Labute approximate surface area is 96.3 Å². The van der Waals surface area contributed by atoms with Gasteiger partial charge < -0.3 is 10.2 Å². The summed E-state index contributed by atoms with van der Waals surface area (Å²) in [5.41, 5.74) is 0. The van der Waals surface area contributed by atoms with Gasteiger partial charge in [-0.1, -0.05) is 6.92 Å². The quantitative estimate of drug-likeness (QED) is 0.741.